The first-order valence-corrected chi connectivity index (χ1v) is 6.29. The van der Waals surface area contributed by atoms with Crippen molar-refractivity contribution in [2.75, 3.05) is 30.3 Å². The highest BCUT2D eigenvalue weighted by molar-refractivity contribution is 5.67. The zero-order valence-corrected chi connectivity index (χ0v) is 10.2. The lowest BCUT2D eigenvalue weighted by Gasteiger charge is -2.38. The number of rotatable bonds is 1. The van der Waals surface area contributed by atoms with Gasteiger partial charge in [0.1, 0.15) is 11.4 Å². The fraction of sp³-hybridized carbons (Fsp3) is 0.538. The predicted octanol–water partition coefficient (Wildman–Crippen LogP) is 2.10. The maximum absolute atomic E-state index is 13.3. The molecule has 0 saturated carbocycles. The second-order valence-corrected chi connectivity index (χ2v) is 5.03. The van der Waals surface area contributed by atoms with E-state index in [1.165, 1.54) is 12.1 Å². The molecule has 0 aromatic heterocycles. The molecular weight excluding hydrogens is 235 g/mol. The van der Waals surface area contributed by atoms with Gasteiger partial charge in [-0.3, -0.25) is 0 Å². The van der Waals surface area contributed by atoms with Crippen molar-refractivity contribution in [2.24, 2.45) is 0 Å². The van der Waals surface area contributed by atoms with Crippen LogP contribution in [-0.2, 0) is 9.78 Å². The summed E-state index contributed by atoms with van der Waals surface area (Å²) in [6.07, 6.45) is 2.73. The Hall–Kier alpha value is -1.33. The lowest BCUT2D eigenvalue weighted by atomic mass is 9.88. The molecule has 0 aliphatic carbocycles. The molecule has 1 aromatic rings. The Kier molecular flexibility index (Phi) is 2.87. The Labute approximate surface area is 105 Å². The van der Waals surface area contributed by atoms with Crippen molar-refractivity contribution < 1.29 is 14.2 Å². The highest BCUT2D eigenvalue weighted by Gasteiger charge is 2.40. The number of benzene rings is 1. The zero-order chi connectivity index (χ0) is 12.6. The van der Waals surface area contributed by atoms with Gasteiger partial charge < -0.3 is 10.6 Å². The average Bonchev–Trinajstić information content (AvgIpc) is 2.82. The van der Waals surface area contributed by atoms with E-state index in [0.717, 1.165) is 38.0 Å². The highest BCUT2D eigenvalue weighted by Crippen LogP contribution is 2.37. The van der Waals surface area contributed by atoms with Gasteiger partial charge in [0.05, 0.1) is 18.0 Å². The molecule has 2 aliphatic heterocycles. The van der Waals surface area contributed by atoms with Crippen molar-refractivity contribution in [1.29, 1.82) is 0 Å². The summed E-state index contributed by atoms with van der Waals surface area (Å²) in [4.78, 5) is 12.5. The second-order valence-electron chi connectivity index (χ2n) is 5.03. The number of halogens is 1. The minimum Gasteiger partial charge on any atom is -0.397 e. The smallest absolute Gasteiger partial charge is 0.125 e. The van der Waals surface area contributed by atoms with Gasteiger partial charge in [-0.15, -0.1) is 0 Å². The molecule has 5 heteroatoms. The summed E-state index contributed by atoms with van der Waals surface area (Å²) in [7, 11) is 0. The zero-order valence-electron chi connectivity index (χ0n) is 10.2. The van der Waals surface area contributed by atoms with Gasteiger partial charge in [-0.2, -0.15) is 0 Å². The Balaban J connectivity index is 1.74. The summed E-state index contributed by atoms with van der Waals surface area (Å²) in [5, 5.41) is 0. The van der Waals surface area contributed by atoms with Gasteiger partial charge in [0.15, 0.2) is 0 Å². The number of anilines is 2. The van der Waals surface area contributed by atoms with Crippen molar-refractivity contribution >= 4 is 11.4 Å². The Morgan fingerprint density at radius 3 is 2.67 bits per heavy atom. The summed E-state index contributed by atoms with van der Waals surface area (Å²) < 4.78 is 13.3. The molecule has 0 radical (unpaired) electrons. The van der Waals surface area contributed by atoms with E-state index in [0.29, 0.717) is 12.3 Å². The summed E-state index contributed by atoms with van der Waals surface area (Å²) in [5.74, 6) is -0.250. The second kappa shape index (κ2) is 4.40. The Bertz CT molecular complexity index is 437. The van der Waals surface area contributed by atoms with Gasteiger partial charge in [0.2, 0.25) is 0 Å². The van der Waals surface area contributed by atoms with Gasteiger partial charge in [-0.05, 0) is 31.0 Å². The summed E-state index contributed by atoms with van der Waals surface area (Å²) >= 11 is 0. The van der Waals surface area contributed by atoms with E-state index in [1.807, 2.05) is 0 Å². The lowest BCUT2D eigenvalue weighted by molar-refractivity contribution is -0.312. The summed E-state index contributed by atoms with van der Waals surface area (Å²) in [6, 6.07) is 4.50. The quantitative estimate of drug-likeness (QED) is 0.614. The van der Waals surface area contributed by atoms with E-state index >= 15 is 0 Å². The van der Waals surface area contributed by atoms with Crippen molar-refractivity contribution in [3.8, 4) is 0 Å². The molecule has 98 valence electrons. The molecule has 0 amide bonds. The number of hydrogen-bond donors (Lipinski definition) is 1. The van der Waals surface area contributed by atoms with Crippen LogP contribution in [0.4, 0.5) is 15.8 Å². The number of nitrogen functional groups attached to an aromatic ring is 1. The van der Waals surface area contributed by atoms with Crippen LogP contribution in [-0.4, -0.2) is 25.3 Å². The Morgan fingerprint density at radius 2 is 2.00 bits per heavy atom. The first-order valence-electron chi connectivity index (χ1n) is 6.29. The van der Waals surface area contributed by atoms with Gasteiger partial charge in [0, 0.05) is 19.5 Å². The maximum atomic E-state index is 13.3. The number of nitrogens with two attached hydrogens (primary N) is 1. The fourth-order valence-corrected chi connectivity index (χ4v) is 2.72. The standard InChI is InChI=1S/C13H17FN2O2/c14-10-1-2-11(15)12(9-10)16-6-3-13(4-7-16)5-8-17-18-13/h1-2,9H,3-8,15H2. The van der Waals surface area contributed by atoms with E-state index in [1.54, 1.807) is 6.07 Å². The lowest BCUT2D eigenvalue weighted by Crippen LogP contribution is -2.44. The highest BCUT2D eigenvalue weighted by atomic mass is 19.1. The molecule has 2 fully saturated rings. The van der Waals surface area contributed by atoms with Crippen LogP contribution in [0.15, 0.2) is 18.2 Å². The number of nitrogens with zero attached hydrogens (tertiary/aromatic N) is 1. The van der Waals surface area contributed by atoms with Crippen molar-refractivity contribution in [1.82, 2.24) is 0 Å². The van der Waals surface area contributed by atoms with Crippen molar-refractivity contribution in [2.45, 2.75) is 24.9 Å². The van der Waals surface area contributed by atoms with Gasteiger partial charge in [0.25, 0.3) is 0 Å². The third-order valence-corrected chi connectivity index (χ3v) is 3.88. The van der Waals surface area contributed by atoms with Crippen LogP contribution in [0.2, 0.25) is 0 Å². The SMILES string of the molecule is Nc1ccc(F)cc1N1CCC2(CCOO2)CC1. The molecule has 3 rings (SSSR count). The molecule has 2 aliphatic rings. The van der Waals surface area contributed by atoms with E-state index < -0.39 is 0 Å². The summed E-state index contributed by atoms with van der Waals surface area (Å²) in [6.45, 7) is 2.30. The van der Waals surface area contributed by atoms with E-state index in [2.05, 4.69) is 4.90 Å². The van der Waals surface area contributed by atoms with E-state index in [-0.39, 0.29) is 11.4 Å². The Morgan fingerprint density at radius 1 is 1.22 bits per heavy atom. The van der Waals surface area contributed by atoms with Crippen LogP contribution in [0.3, 0.4) is 0 Å². The first-order chi connectivity index (χ1) is 8.69. The minimum atomic E-state index is -0.250. The van der Waals surface area contributed by atoms with Crippen molar-refractivity contribution in [3.05, 3.63) is 24.0 Å². The molecule has 4 nitrogen and oxygen atoms in total. The third-order valence-electron chi connectivity index (χ3n) is 3.88. The van der Waals surface area contributed by atoms with Crippen LogP contribution in [0, 0.1) is 5.82 Å². The molecule has 0 atom stereocenters. The van der Waals surface area contributed by atoms with Gasteiger partial charge >= 0.3 is 0 Å². The molecule has 2 N–H and O–H groups in total. The van der Waals surface area contributed by atoms with Gasteiger partial charge in [-0.1, -0.05) is 0 Å². The largest absolute Gasteiger partial charge is 0.397 e. The van der Waals surface area contributed by atoms with E-state index in [9.17, 15) is 4.39 Å². The monoisotopic (exact) mass is 252 g/mol. The summed E-state index contributed by atoms with van der Waals surface area (Å²) in [5.41, 5.74) is 7.18. The van der Waals surface area contributed by atoms with Crippen LogP contribution in [0.5, 0.6) is 0 Å². The van der Waals surface area contributed by atoms with E-state index in [4.69, 9.17) is 15.5 Å². The molecule has 2 saturated heterocycles. The fourth-order valence-electron chi connectivity index (χ4n) is 2.72. The number of piperidine rings is 1. The topological polar surface area (TPSA) is 47.7 Å². The molecular formula is C13H17FN2O2. The van der Waals surface area contributed by atoms with Gasteiger partial charge in [-0.25, -0.2) is 14.2 Å². The minimum absolute atomic E-state index is 0.126. The molecule has 0 bridgehead atoms. The van der Waals surface area contributed by atoms with Crippen LogP contribution < -0.4 is 10.6 Å². The molecule has 1 spiro atoms. The first kappa shape index (κ1) is 11.7. The molecule has 18 heavy (non-hydrogen) atoms. The maximum Gasteiger partial charge on any atom is 0.125 e. The third kappa shape index (κ3) is 2.04. The molecule has 1 aromatic carbocycles. The molecule has 0 unspecified atom stereocenters. The number of hydrogen-bond acceptors (Lipinski definition) is 4. The van der Waals surface area contributed by atoms with Crippen molar-refractivity contribution in [3.63, 3.8) is 0 Å². The normalized spacial score (nSPS) is 22.6. The van der Waals surface area contributed by atoms with Crippen LogP contribution >= 0.6 is 0 Å². The van der Waals surface area contributed by atoms with Crippen LogP contribution in [0.25, 0.3) is 0 Å². The average molecular weight is 252 g/mol. The van der Waals surface area contributed by atoms with Crippen LogP contribution in [0.1, 0.15) is 19.3 Å². The molecule has 2 heterocycles. The predicted molar refractivity (Wildman–Crippen MR) is 66.6 cm³/mol.